The molecule has 4 heteroatoms. The molecule has 0 aliphatic rings. The van der Waals surface area contributed by atoms with E-state index in [1.807, 2.05) is 35.9 Å². The molecule has 0 amide bonds. The molecule has 0 fully saturated rings. The molecule has 0 saturated heterocycles. The third-order valence-corrected chi connectivity index (χ3v) is 2.85. The van der Waals surface area contributed by atoms with E-state index >= 15 is 0 Å². The topological polar surface area (TPSA) is 43.8 Å². The van der Waals surface area contributed by atoms with E-state index in [4.69, 9.17) is 5.73 Å². The van der Waals surface area contributed by atoms with Crippen molar-refractivity contribution < 1.29 is 0 Å². The van der Waals surface area contributed by atoms with E-state index in [0.29, 0.717) is 0 Å². The summed E-state index contributed by atoms with van der Waals surface area (Å²) >= 11 is 3.39. The largest absolute Gasteiger partial charge is 0.398 e. The summed E-state index contributed by atoms with van der Waals surface area (Å²) in [6, 6.07) is 7.90. The first-order valence-corrected chi connectivity index (χ1v) is 5.48. The van der Waals surface area contributed by atoms with Crippen molar-refractivity contribution in [1.82, 2.24) is 9.78 Å². The number of halogens is 1. The first kappa shape index (κ1) is 10.2. The van der Waals surface area contributed by atoms with Crippen LogP contribution in [-0.2, 0) is 6.54 Å². The zero-order chi connectivity index (χ0) is 10.8. The summed E-state index contributed by atoms with van der Waals surface area (Å²) < 4.78 is 2.93. The van der Waals surface area contributed by atoms with Crippen molar-refractivity contribution in [2.24, 2.45) is 0 Å². The fourth-order valence-electron chi connectivity index (χ4n) is 1.44. The molecule has 78 valence electrons. The summed E-state index contributed by atoms with van der Waals surface area (Å²) in [6.45, 7) is 2.75. The van der Waals surface area contributed by atoms with Crippen LogP contribution in [0.1, 0.15) is 11.3 Å². The number of nitrogen functional groups attached to an aromatic ring is 1. The van der Waals surface area contributed by atoms with Gasteiger partial charge in [0.2, 0.25) is 0 Å². The van der Waals surface area contributed by atoms with Gasteiger partial charge in [-0.3, -0.25) is 4.68 Å². The normalized spacial score (nSPS) is 10.5. The lowest BCUT2D eigenvalue weighted by molar-refractivity contribution is 0.666. The van der Waals surface area contributed by atoms with E-state index in [9.17, 15) is 0 Å². The lowest BCUT2D eigenvalue weighted by Gasteiger charge is -2.07. The van der Waals surface area contributed by atoms with Gasteiger partial charge < -0.3 is 5.73 Å². The van der Waals surface area contributed by atoms with Crippen molar-refractivity contribution in [3.63, 3.8) is 0 Å². The number of hydrogen-bond acceptors (Lipinski definition) is 2. The minimum absolute atomic E-state index is 0.720. The molecule has 0 saturated carbocycles. The highest BCUT2D eigenvalue weighted by Gasteiger charge is 2.03. The standard InChI is InChI=1S/C11H12BrN3/c1-8-4-5-14-15(8)7-9-2-3-10(12)6-11(9)13/h2-6H,7,13H2,1H3. The molecule has 15 heavy (non-hydrogen) atoms. The highest BCUT2D eigenvalue weighted by Crippen LogP contribution is 2.19. The predicted molar refractivity (Wildman–Crippen MR) is 64.6 cm³/mol. The van der Waals surface area contributed by atoms with E-state index in [0.717, 1.165) is 28.0 Å². The van der Waals surface area contributed by atoms with E-state index in [-0.39, 0.29) is 0 Å². The Balaban J connectivity index is 2.29. The molecule has 0 bridgehead atoms. The Morgan fingerprint density at radius 2 is 2.20 bits per heavy atom. The van der Waals surface area contributed by atoms with Crippen LogP contribution in [0.3, 0.4) is 0 Å². The predicted octanol–water partition coefficient (Wildman–Crippen LogP) is 2.58. The highest BCUT2D eigenvalue weighted by molar-refractivity contribution is 9.10. The average molecular weight is 266 g/mol. The fraction of sp³-hybridized carbons (Fsp3) is 0.182. The first-order chi connectivity index (χ1) is 7.16. The van der Waals surface area contributed by atoms with Crippen LogP contribution in [0.4, 0.5) is 5.69 Å². The SMILES string of the molecule is Cc1ccnn1Cc1ccc(Br)cc1N. The Bertz CT molecular complexity index is 476. The van der Waals surface area contributed by atoms with Crippen LogP contribution < -0.4 is 5.73 Å². The minimum atomic E-state index is 0.720. The summed E-state index contributed by atoms with van der Waals surface area (Å²) in [4.78, 5) is 0. The molecule has 2 rings (SSSR count). The zero-order valence-corrected chi connectivity index (χ0v) is 10.0. The van der Waals surface area contributed by atoms with Crippen LogP contribution >= 0.6 is 15.9 Å². The Morgan fingerprint density at radius 3 is 2.80 bits per heavy atom. The number of nitrogens with zero attached hydrogens (tertiary/aromatic N) is 2. The number of anilines is 1. The maximum absolute atomic E-state index is 5.92. The summed E-state index contributed by atoms with van der Waals surface area (Å²) in [7, 11) is 0. The summed E-state index contributed by atoms with van der Waals surface area (Å²) in [6.07, 6.45) is 1.80. The van der Waals surface area contributed by atoms with Gasteiger partial charge in [0.15, 0.2) is 0 Å². The number of rotatable bonds is 2. The van der Waals surface area contributed by atoms with Crippen molar-refractivity contribution >= 4 is 21.6 Å². The second-order valence-corrected chi connectivity index (χ2v) is 4.39. The average Bonchev–Trinajstić information content (AvgIpc) is 2.57. The van der Waals surface area contributed by atoms with Crippen LogP contribution in [0, 0.1) is 6.92 Å². The molecule has 3 nitrogen and oxygen atoms in total. The van der Waals surface area contributed by atoms with Gasteiger partial charge >= 0.3 is 0 Å². The molecular weight excluding hydrogens is 254 g/mol. The molecule has 0 atom stereocenters. The molecule has 0 aliphatic heterocycles. The maximum atomic E-state index is 5.92. The minimum Gasteiger partial charge on any atom is -0.398 e. The molecule has 0 unspecified atom stereocenters. The first-order valence-electron chi connectivity index (χ1n) is 4.69. The molecule has 0 spiro atoms. The third kappa shape index (κ3) is 2.21. The smallest absolute Gasteiger partial charge is 0.0682 e. The molecule has 1 aromatic carbocycles. The van der Waals surface area contributed by atoms with Crippen molar-refractivity contribution in [2.75, 3.05) is 5.73 Å². The lowest BCUT2D eigenvalue weighted by atomic mass is 10.2. The number of aryl methyl sites for hydroxylation is 1. The fourth-order valence-corrected chi connectivity index (χ4v) is 1.81. The Hall–Kier alpha value is -1.29. The second kappa shape index (κ2) is 4.06. The van der Waals surface area contributed by atoms with Crippen molar-refractivity contribution in [2.45, 2.75) is 13.5 Å². The van der Waals surface area contributed by atoms with Gasteiger partial charge in [-0.25, -0.2) is 0 Å². The molecule has 2 aromatic rings. The second-order valence-electron chi connectivity index (χ2n) is 3.47. The van der Waals surface area contributed by atoms with Crippen LogP contribution in [0.5, 0.6) is 0 Å². The van der Waals surface area contributed by atoms with Crippen molar-refractivity contribution in [3.05, 3.63) is 46.2 Å². The third-order valence-electron chi connectivity index (χ3n) is 2.36. The van der Waals surface area contributed by atoms with Crippen LogP contribution in [0.2, 0.25) is 0 Å². The molecule has 1 aromatic heterocycles. The van der Waals surface area contributed by atoms with E-state index in [1.165, 1.54) is 0 Å². The Labute approximate surface area is 97.0 Å². The van der Waals surface area contributed by atoms with Gasteiger partial charge in [-0.2, -0.15) is 5.10 Å². The van der Waals surface area contributed by atoms with Crippen LogP contribution in [0.15, 0.2) is 34.9 Å². The van der Waals surface area contributed by atoms with Crippen molar-refractivity contribution in [1.29, 1.82) is 0 Å². The summed E-state index contributed by atoms with van der Waals surface area (Å²) in [5, 5.41) is 4.22. The van der Waals surface area contributed by atoms with E-state index < -0.39 is 0 Å². The van der Waals surface area contributed by atoms with Gasteiger partial charge in [0.1, 0.15) is 0 Å². The summed E-state index contributed by atoms with van der Waals surface area (Å²) in [5.74, 6) is 0. The zero-order valence-electron chi connectivity index (χ0n) is 8.44. The van der Waals surface area contributed by atoms with Gasteiger partial charge in [-0.1, -0.05) is 22.0 Å². The van der Waals surface area contributed by atoms with Crippen molar-refractivity contribution in [3.8, 4) is 0 Å². The molecule has 2 N–H and O–H groups in total. The number of benzene rings is 1. The van der Waals surface area contributed by atoms with Crippen LogP contribution in [0.25, 0.3) is 0 Å². The van der Waals surface area contributed by atoms with E-state index in [1.54, 1.807) is 6.20 Å². The molecular formula is C11H12BrN3. The Morgan fingerprint density at radius 1 is 1.40 bits per heavy atom. The van der Waals surface area contributed by atoms with E-state index in [2.05, 4.69) is 21.0 Å². The lowest BCUT2D eigenvalue weighted by Crippen LogP contribution is -2.05. The maximum Gasteiger partial charge on any atom is 0.0682 e. The van der Waals surface area contributed by atoms with Gasteiger partial charge in [-0.15, -0.1) is 0 Å². The van der Waals surface area contributed by atoms with Gasteiger partial charge in [-0.05, 0) is 30.7 Å². The number of nitrogens with two attached hydrogens (primary N) is 1. The Kier molecular flexibility index (Phi) is 2.77. The molecule has 1 heterocycles. The van der Waals surface area contributed by atoms with Gasteiger partial charge in [0.05, 0.1) is 6.54 Å². The van der Waals surface area contributed by atoms with Gasteiger partial charge in [0, 0.05) is 22.1 Å². The summed E-state index contributed by atoms with van der Waals surface area (Å²) in [5.41, 5.74) is 8.93. The number of aromatic nitrogens is 2. The quantitative estimate of drug-likeness (QED) is 0.849. The number of hydrogen-bond donors (Lipinski definition) is 1. The monoisotopic (exact) mass is 265 g/mol. The molecule has 0 aliphatic carbocycles. The van der Waals surface area contributed by atoms with Gasteiger partial charge in [0.25, 0.3) is 0 Å². The molecule has 0 radical (unpaired) electrons. The van der Waals surface area contributed by atoms with Crippen LogP contribution in [-0.4, -0.2) is 9.78 Å². The highest BCUT2D eigenvalue weighted by atomic mass is 79.9.